The Morgan fingerprint density at radius 1 is 1.50 bits per heavy atom. The predicted octanol–water partition coefficient (Wildman–Crippen LogP) is 3.43. The lowest BCUT2D eigenvalue weighted by Gasteiger charge is -2.11. The molecule has 1 aliphatic carbocycles. The molecule has 4 heteroatoms. The fraction of sp³-hybridized carbons (Fsp3) is 0.500. The Kier molecular flexibility index (Phi) is 4.38. The third-order valence-corrected chi connectivity index (χ3v) is 4.30. The third-order valence-electron chi connectivity index (χ3n) is 3.46. The molecule has 0 saturated heterocycles. The summed E-state index contributed by atoms with van der Waals surface area (Å²) in [6.07, 6.45) is 3.35. The predicted molar refractivity (Wildman–Crippen MR) is 73.5 cm³/mol. The van der Waals surface area contributed by atoms with E-state index in [1.807, 2.05) is 0 Å². The van der Waals surface area contributed by atoms with Crippen LogP contribution in [-0.4, -0.2) is 17.3 Å². The zero-order chi connectivity index (χ0) is 13.1. The van der Waals surface area contributed by atoms with Crippen molar-refractivity contribution in [1.82, 2.24) is 5.32 Å². The van der Waals surface area contributed by atoms with Crippen molar-refractivity contribution in [3.05, 3.63) is 35.1 Å². The van der Waals surface area contributed by atoms with Crippen LogP contribution in [-0.2, 0) is 0 Å². The molecule has 2 nitrogen and oxygen atoms in total. The minimum Gasteiger partial charge on any atom is -0.352 e. The normalized spacial score (nSPS) is 23.1. The summed E-state index contributed by atoms with van der Waals surface area (Å²) >= 11 is 3.58. The second-order valence-corrected chi connectivity index (χ2v) is 6.22. The maximum atomic E-state index is 13.7. The number of amides is 1. The van der Waals surface area contributed by atoms with Gasteiger partial charge in [-0.3, -0.25) is 4.79 Å². The van der Waals surface area contributed by atoms with E-state index in [0.717, 1.165) is 19.3 Å². The molecule has 2 unspecified atom stereocenters. The Morgan fingerprint density at radius 2 is 2.28 bits per heavy atom. The molecule has 18 heavy (non-hydrogen) atoms. The molecule has 2 rings (SSSR count). The topological polar surface area (TPSA) is 29.1 Å². The first-order valence-corrected chi connectivity index (χ1v) is 7.17. The Labute approximate surface area is 115 Å². The zero-order valence-electron chi connectivity index (χ0n) is 10.4. The number of hydrogen-bond donors (Lipinski definition) is 1. The molecule has 1 fully saturated rings. The van der Waals surface area contributed by atoms with Gasteiger partial charge in [0, 0.05) is 11.4 Å². The van der Waals surface area contributed by atoms with Crippen molar-refractivity contribution in [3.63, 3.8) is 0 Å². The van der Waals surface area contributed by atoms with Crippen molar-refractivity contribution in [2.75, 3.05) is 6.54 Å². The number of hydrogen-bond acceptors (Lipinski definition) is 1. The van der Waals surface area contributed by atoms with Gasteiger partial charge < -0.3 is 5.32 Å². The average molecular weight is 314 g/mol. The van der Waals surface area contributed by atoms with E-state index in [2.05, 4.69) is 21.2 Å². The highest BCUT2D eigenvalue weighted by Gasteiger charge is 2.23. The van der Waals surface area contributed by atoms with Crippen molar-refractivity contribution in [2.24, 2.45) is 5.92 Å². The second kappa shape index (κ2) is 5.83. The molecule has 1 aromatic rings. The SMILES string of the molecule is Cc1cccc(C(=O)NCC2CCC(Br)C2)c1F. The minimum atomic E-state index is -0.417. The van der Waals surface area contributed by atoms with E-state index in [9.17, 15) is 9.18 Å². The van der Waals surface area contributed by atoms with Crippen LogP contribution in [0.15, 0.2) is 18.2 Å². The van der Waals surface area contributed by atoms with Gasteiger partial charge in [-0.05, 0) is 43.7 Å². The summed E-state index contributed by atoms with van der Waals surface area (Å²) in [5.41, 5.74) is 0.646. The molecular formula is C14H17BrFNO. The number of carbonyl (C=O) groups is 1. The van der Waals surface area contributed by atoms with Crippen LogP contribution in [0.2, 0.25) is 0 Å². The molecule has 98 valence electrons. The molecule has 0 spiro atoms. The molecular weight excluding hydrogens is 297 g/mol. The molecule has 0 radical (unpaired) electrons. The second-order valence-electron chi connectivity index (χ2n) is 4.92. The van der Waals surface area contributed by atoms with Crippen LogP contribution >= 0.6 is 15.9 Å². The van der Waals surface area contributed by atoms with Crippen molar-refractivity contribution < 1.29 is 9.18 Å². The minimum absolute atomic E-state index is 0.142. The first-order valence-electron chi connectivity index (χ1n) is 6.25. The molecule has 0 bridgehead atoms. The van der Waals surface area contributed by atoms with Gasteiger partial charge in [0.25, 0.3) is 5.91 Å². The van der Waals surface area contributed by atoms with Gasteiger partial charge in [0.1, 0.15) is 5.82 Å². The molecule has 1 aromatic carbocycles. The number of rotatable bonds is 3. The summed E-state index contributed by atoms with van der Waals surface area (Å²) in [7, 11) is 0. The zero-order valence-corrected chi connectivity index (χ0v) is 12.0. The van der Waals surface area contributed by atoms with Gasteiger partial charge in [-0.15, -0.1) is 0 Å². The standard InChI is InChI=1S/C14H17BrFNO/c1-9-3-2-4-12(13(9)16)14(18)17-8-10-5-6-11(15)7-10/h2-4,10-11H,5-8H2,1H3,(H,17,18). The summed E-state index contributed by atoms with van der Waals surface area (Å²) in [5.74, 6) is -0.222. The lowest BCUT2D eigenvalue weighted by molar-refractivity contribution is 0.0943. The monoisotopic (exact) mass is 313 g/mol. The lowest BCUT2D eigenvalue weighted by Crippen LogP contribution is -2.29. The van der Waals surface area contributed by atoms with Crippen LogP contribution < -0.4 is 5.32 Å². The van der Waals surface area contributed by atoms with E-state index in [0.29, 0.717) is 22.9 Å². The number of alkyl halides is 1. The first-order chi connectivity index (χ1) is 8.58. The molecule has 0 heterocycles. The highest BCUT2D eigenvalue weighted by molar-refractivity contribution is 9.09. The first kappa shape index (κ1) is 13.5. The molecule has 0 aliphatic heterocycles. The van der Waals surface area contributed by atoms with Crippen LogP contribution in [0.4, 0.5) is 4.39 Å². The van der Waals surface area contributed by atoms with Gasteiger partial charge in [0.2, 0.25) is 0 Å². The van der Waals surface area contributed by atoms with Crippen molar-refractivity contribution in [1.29, 1.82) is 0 Å². The van der Waals surface area contributed by atoms with E-state index in [4.69, 9.17) is 0 Å². The van der Waals surface area contributed by atoms with E-state index >= 15 is 0 Å². The van der Waals surface area contributed by atoms with Crippen LogP contribution in [0.1, 0.15) is 35.2 Å². The maximum absolute atomic E-state index is 13.7. The van der Waals surface area contributed by atoms with E-state index < -0.39 is 5.82 Å². The Bertz CT molecular complexity index is 449. The molecule has 1 saturated carbocycles. The summed E-state index contributed by atoms with van der Waals surface area (Å²) in [6.45, 7) is 2.30. The highest BCUT2D eigenvalue weighted by atomic mass is 79.9. The van der Waals surface area contributed by atoms with Crippen molar-refractivity contribution in [2.45, 2.75) is 31.0 Å². The van der Waals surface area contributed by atoms with E-state index in [1.165, 1.54) is 6.07 Å². The highest BCUT2D eigenvalue weighted by Crippen LogP contribution is 2.30. The summed E-state index contributed by atoms with van der Waals surface area (Å²) in [6, 6.07) is 4.90. The van der Waals surface area contributed by atoms with Gasteiger partial charge >= 0.3 is 0 Å². The smallest absolute Gasteiger partial charge is 0.254 e. The fourth-order valence-corrected chi connectivity index (χ4v) is 3.15. The van der Waals surface area contributed by atoms with Crippen LogP contribution in [0.3, 0.4) is 0 Å². The molecule has 1 N–H and O–H groups in total. The van der Waals surface area contributed by atoms with E-state index in [1.54, 1.807) is 19.1 Å². The number of nitrogens with one attached hydrogen (secondary N) is 1. The molecule has 0 aromatic heterocycles. The largest absolute Gasteiger partial charge is 0.352 e. The third kappa shape index (κ3) is 3.10. The fourth-order valence-electron chi connectivity index (χ4n) is 2.35. The Balaban J connectivity index is 1.94. The quantitative estimate of drug-likeness (QED) is 0.851. The Hall–Kier alpha value is -0.900. The number of benzene rings is 1. The van der Waals surface area contributed by atoms with Gasteiger partial charge in [0.15, 0.2) is 0 Å². The summed E-state index contributed by atoms with van der Waals surface area (Å²) in [4.78, 5) is 12.5. The maximum Gasteiger partial charge on any atom is 0.254 e. The molecule has 2 atom stereocenters. The Morgan fingerprint density at radius 3 is 2.94 bits per heavy atom. The molecule has 1 aliphatic rings. The van der Waals surface area contributed by atoms with Gasteiger partial charge in [-0.2, -0.15) is 0 Å². The number of halogens is 2. The van der Waals surface area contributed by atoms with Gasteiger partial charge in [-0.25, -0.2) is 4.39 Å². The van der Waals surface area contributed by atoms with Crippen molar-refractivity contribution >= 4 is 21.8 Å². The summed E-state index contributed by atoms with van der Waals surface area (Å²) < 4.78 is 13.7. The summed E-state index contributed by atoms with van der Waals surface area (Å²) in [5, 5.41) is 2.83. The average Bonchev–Trinajstić information content (AvgIpc) is 2.76. The number of carbonyl (C=O) groups excluding carboxylic acids is 1. The van der Waals surface area contributed by atoms with Crippen LogP contribution in [0.25, 0.3) is 0 Å². The molecule has 1 amide bonds. The van der Waals surface area contributed by atoms with Crippen LogP contribution in [0.5, 0.6) is 0 Å². The van der Waals surface area contributed by atoms with Crippen molar-refractivity contribution in [3.8, 4) is 0 Å². The van der Waals surface area contributed by atoms with Gasteiger partial charge in [-0.1, -0.05) is 28.1 Å². The van der Waals surface area contributed by atoms with E-state index in [-0.39, 0.29) is 11.5 Å². The van der Waals surface area contributed by atoms with Crippen LogP contribution in [0, 0.1) is 18.7 Å². The number of aryl methyl sites for hydroxylation is 1. The lowest BCUT2D eigenvalue weighted by atomic mass is 10.1. The van der Waals surface area contributed by atoms with Gasteiger partial charge in [0.05, 0.1) is 5.56 Å².